The van der Waals surface area contributed by atoms with Crippen LogP contribution in [0.2, 0.25) is 0 Å². The average molecular weight is 325 g/mol. The molecule has 2 aromatic carbocycles. The van der Waals surface area contributed by atoms with E-state index in [-0.39, 0.29) is 9.79 Å². The van der Waals surface area contributed by atoms with Gasteiger partial charge >= 0.3 is 0 Å². The molecule has 18 heavy (non-hydrogen) atoms. The van der Waals surface area contributed by atoms with Crippen LogP contribution in [0.25, 0.3) is 0 Å². The smallest absolute Gasteiger partial charge is 0.207 e. The minimum absolute atomic E-state index is 0.0956. The fourth-order valence-corrected chi connectivity index (χ4v) is 3.93. The molecule has 0 amide bonds. The van der Waals surface area contributed by atoms with Crippen LogP contribution in [0, 0.1) is 0 Å². The molecule has 0 heterocycles. The molecule has 0 aliphatic rings. The zero-order valence-corrected chi connectivity index (χ0v) is 11.6. The van der Waals surface area contributed by atoms with Crippen LogP contribution in [0.1, 0.15) is 10.4 Å². The van der Waals surface area contributed by atoms with Crippen molar-refractivity contribution in [2.45, 2.75) is 9.79 Å². The fraction of sp³-hybridized carbons (Fsp3) is 0. The van der Waals surface area contributed by atoms with Crippen LogP contribution in [0.3, 0.4) is 0 Å². The summed E-state index contributed by atoms with van der Waals surface area (Å²) in [6, 6.07) is 12.7. The average Bonchev–Trinajstić information content (AvgIpc) is 2.40. The third-order valence-corrected chi connectivity index (χ3v) is 5.42. The Morgan fingerprint density at radius 2 is 1.61 bits per heavy atom. The Bertz CT molecular complexity index is 679. The molecule has 5 heteroatoms. The topological polar surface area (TPSA) is 51.2 Å². The summed E-state index contributed by atoms with van der Waals surface area (Å²) in [5.74, 6) is 0. The number of rotatable bonds is 3. The first-order chi connectivity index (χ1) is 8.57. The number of aldehydes is 1. The highest BCUT2D eigenvalue weighted by atomic mass is 79.9. The molecule has 0 aromatic heterocycles. The van der Waals surface area contributed by atoms with Gasteiger partial charge in [0.15, 0.2) is 6.29 Å². The van der Waals surface area contributed by atoms with E-state index in [1.807, 2.05) is 0 Å². The number of benzene rings is 2. The van der Waals surface area contributed by atoms with E-state index < -0.39 is 9.84 Å². The minimum atomic E-state index is -3.61. The number of halogens is 1. The highest BCUT2D eigenvalue weighted by Gasteiger charge is 2.21. The van der Waals surface area contributed by atoms with Gasteiger partial charge in [-0.15, -0.1) is 0 Å². The fourth-order valence-electron chi connectivity index (χ4n) is 1.55. The van der Waals surface area contributed by atoms with Crippen molar-refractivity contribution >= 4 is 32.1 Å². The molecule has 0 atom stereocenters. The van der Waals surface area contributed by atoms with Gasteiger partial charge in [-0.05, 0) is 34.1 Å². The molecule has 2 rings (SSSR count). The maximum absolute atomic E-state index is 12.4. The Balaban J connectivity index is 2.66. The lowest BCUT2D eigenvalue weighted by Gasteiger charge is -2.07. The van der Waals surface area contributed by atoms with E-state index in [1.54, 1.807) is 30.3 Å². The molecule has 0 aliphatic heterocycles. The highest BCUT2D eigenvalue weighted by molar-refractivity contribution is 9.10. The molecular weight excluding hydrogens is 316 g/mol. The first-order valence-electron chi connectivity index (χ1n) is 5.11. The van der Waals surface area contributed by atoms with Crippen molar-refractivity contribution in [3.05, 3.63) is 58.6 Å². The highest BCUT2D eigenvalue weighted by Crippen LogP contribution is 2.29. The molecule has 3 nitrogen and oxygen atoms in total. The summed E-state index contributed by atoms with van der Waals surface area (Å²) in [6.07, 6.45) is 0.619. The second-order valence-corrected chi connectivity index (χ2v) is 6.30. The number of hydrogen-bond donors (Lipinski definition) is 0. The van der Waals surface area contributed by atoms with Crippen LogP contribution in [0.4, 0.5) is 0 Å². The van der Waals surface area contributed by atoms with E-state index >= 15 is 0 Å². The standard InChI is InChI=1S/C13H9BrO3S/c14-13-10(9-15)5-4-8-12(13)18(16,17)11-6-2-1-3-7-11/h1-9H. The van der Waals surface area contributed by atoms with E-state index in [1.165, 1.54) is 18.2 Å². The second-order valence-electron chi connectivity index (χ2n) is 3.59. The number of hydrogen-bond acceptors (Lipinski definition) is 3. The van der Waals surface area contributed by atoms with Gasteiger partial charge in [0.1, 0.15) is 0 Å². The van der Waals surface area contributed by atoms with Gasteiger partial charge in [0.2, 0.25) is 9.84 Å². The van der Waals surface area contributed by atoms with Gasteiger partial charge in [-0.3, -0.25) is 4.79 Å². The molecule has 0 spiro atoms. The van der Waals surface area contributed by atoms with Crippen molar-refractivity contribution in [2.24, 2.45) is 0 Å². The van der Waals surface area contributed by atoms with Crippen LogP contribution in [-0.4, -0.2) is 14.7 Å². The van der Waals surface area contributed by atoms with Gasteiger partial charge in [-0.1, -0.05) is 30.3 Å². The normalized spacial score (nSPS) is 11.2. The van der Waals surface area contributed by atoms with E-state index in [0.29, 0.717) is 16.3 Å². The first kappa shape index (κ1) is 13.0. The van der Waals surface area contributed by atoms with Crippen LogP contribution in [0.5, 0.6) is 0 Å². The molecule has 0 unspecified atom stereocenters. The number of carbonyl (C=O) groups excluding carboxylic acids is 1. The molecule has 0 saturated carbocycles. The molecule has 0 N–H and O–H groups in total. The third kappa shape index (κ3) is 2.23. The van der Waals surface area contributed by atoms with E-state index in [4.69, 9.17) is 0 Å². The van der Waals surface area contributed by atoms with Gasteiger partial charge in [-0.25, -0.2) is 8.42 Å². The molecule has 0 aliphatic carbocycles. The van der Waals surface area contributed by atoms with E-state index in [0.717, 1.165) is 0 Å². The van der Waals surface area contributed by atoms with Gasteiger partial charge < -0.3 is 0 Å². The van der Waals surface area contributed by atoms with Crippen LogP contribution in [0.15, 0.2) is 62.8 Å². The molecule has 0 bridgehead atoms. The summed E-state index contributed by atoms with van der Waals surface area (Å²) >= 11 is 3.16. The molecule has 0 fully saturated rings. The van der Waals surface area contributed by atoms with E-state index in [2.05, 4.69) is 15.9 Å². The van der Waals surface area contributed by atoms with Crippen molar-refractivity contribution in [3.63, 3.8) is 0 Å². The minimum Gasteiger partial charge on any atom is -0.298 e. The molecule has 2 aromatic rings. The SMILES string of the molecule is O=Cc1cccc(S(=O)(=O)c2ccccc2)c1Br. The van der Waals surface area contributed by atoms with Crippen molar-refractivity contribution in [1.82, 2.24) is 0 Å². The number of carbonyl (C=O) groups is 1. The summed E-state index contributed by atoms with van der Waals surface area (Å²) in [5, 5.41) is 0. The zero-order valence-electron chi connectivity index (χ0n) is 9.21. The Morgan fingerprint density at radius 3 is 2.22 bits per heavy atom. The maximum Gasteiger partial charge on any atom is 0.207 e. The van der Waals surface area contributed by atoms with Crippen molar-refractivity contribution in [3.8, 4) is 0 Å². The van der Waals surface area contributed by atoms with Gasteiger partial charge in [0.05, 0.1) is 9.79 Å². The Kier molecular flexibility index (Phi) is 3.63. The van der Waals surface area contributed by atoms with Gasteiger partial charge in [0, 0.05) is 10.0 Å². The Morgan fingerprint density at radius 1 is 0.944 bits per heavy atom. The Labute approximate surface area is 114 Å². The van der Waals surface area contributed by atoms with Crippen LogP contribution in [-0.2, 0) is 9.84 Å². The van der Waals surface area contributed by atoms with E-state index in [9.17, 15) is 13.2 Å². The van der Waals surface area contributed by atoms with Crippen LogP contribution < -0.4 is 0 Å². The lowest BCUT2D eigenvalue weighted by molar-refractivity contribution is 0.112. The summed E-state index contributed by atoms with van der Waals surface area (Å²) in [6.45, 7) is 0. The zero-order chi connectivity index (χ0) is 13.2. The van der Waals surface area contributed by atoms with Crippen molar-refractivity contribution in [2.75, 3.05) is 0 Å². The van der Waals surface area contributed by atoms with Crippen molar-refractivity contribution < 1.29 is 13.2 Å². The summed E-state index contributed by atoms with van der Waals surface area (Å²) in [7, 11) is -3.61. The first-order valence-corrected chi connectivity index (χ1v) is 7.39. The molecule has 0 saturated heterocycles. The molecule has 92 valence electrons. The monoisotopic (exact) mass is 324 g/mol. The molecule has 0 radical (unpaired) electrons. The quantitative estimate of drug-likeness (QED) is 0.815. The summed E-state index contributed by atoms with van der Waals surface area (Å²) < 4.78 is 25.0. The largest absolute Gasteiger partial charge is 0.298 e. The van der Waals surface area contributed by atoms with Gasteiger partial charge in [-0.2, -0.15) is 0 Å². The Hall–Kier alpha value is -1.46. The maximum atomic E-state index is 12.4. The molecular formula is C13H9BrO3S. The van der Waals surface area contributed by atoms with Crippen molar-refractivity contribution in [1.29, 1.82) is 0 Å². The summed E-state index contributed by atoms with van der Waals surface area (Å²) in [4.78, 5) is 11.1. The number of sulfone groups is 1. The lowest BCUT2D eigenvalue weighted by atomic mass is 10.2. The third-order valence-electron chi connectivity index (χ3n) is 2.46. The predicted octanol–water partition coefficient (Wildman–Crippen LogP) is 3.09. The lowest BCUT2D eigenvalue weighted by Crippen LogP contribution is -2.04. The summed E-state index contributed by atoms with van der Waals surface area (Å²) in [5.41, 5.74) is 0.312. The van der Waals surface area contributed by atoms with Crippen LogP contribution >= 0.6 is 15.9 Å². The second kappa shape index (κ2) is 5.04. The van der Waals surface area contributed by atoms with Gasteiger partial charge in [0.25, 0.3) is 0 Å². The predicted molar refractivity (Wildman–Crippen MR) is 71.4 cm³/mol.